The van der Waals surface area contributed by atoms with Crippen LogP contribution in [0, 0.1) is 36.3 Å². The molecule has 5 heteroatoms. The van der Waals surface area contributed by atoms with E-state index in [-0.39, 0.29) is 11.5 Å². The molecule has 0 aliphatic carbocycles. The van der Waals surface area contributed by atoms with Crippen molar-refractivity contribution in [2.24, 2.45) is 0 Å². The molecule has 0 aromatic carbocycles. The predicted molar refractivity (Wildman–Crippen MR) is 58.0 cm³/mol. The molecule has 5 nitrogen and oxygen atoms in total. The highest BCUT2D eigenvalue weighted by Gasteiger charge is 1.88. The first kappa shape index (κ1) is 15.6. The van der Waals surface area contributed by atoms with Gasteiger partial charge >= 0.3 is 0 Å². The van der Waals surface area contributed by atoms with Crippen LogP contribution in [0.3, 0.4) is 0 Å². The van der Waals surface area contributed by atoms with E-state index in [2.05, 4.69) is 17.5 Å². The number of terminal acetylenes is 1. The Bertz CT molecular complexity index is 296. The first-order valence-electron chi connectivity index (χ1n) is 4.36. The third-order valence-electron chi connectivity index (χ3n) is 1.00. The van der Waals surface area contributed by atoms with Crippen LogP contribution in [0.5, 0.6) is 0 Å². The summed E-state index contributed by atoms with van der Waals surface area (Å²) in [6.45, 7) is 6.95. The van der Waals surface area contributed by atoms with Gasteiger partial charge in [0.15, 0.2) is 0 Å². The molecule has 0 atom stereocenters. The van der Waals surface area contributed by atoms with Crippen molar-refractivity contribution in [3.63, 3.8) is 0 Å². The van der Waals surface area contributed by atoms with E-state index in [0.29, 0.717) is 0 Å². The smallest absolute Gasteiger partial charge is 0.201 e. The largest absolute Gasteiger partial charge is 0.361 e. The summed E-state index contributed by atoms with van der Waals surface area (Å²) in [5, 5.41) is 12.8. The third kappa shape index (κ3) is 15.0. The van der Waals surface area contributed by atoms with Crippen molar-refractivity contribution in [2.75, 3.05) is 6.54 Å². The van der Waals surface area contributed by atoms with E-state index in [0.717, 1.165) is 11.5 Å². The molecule has 0 bridgehead atoms. The van der Waals surface area contributed by atoms with E-state index >= 15 is 0 Å². The Labute approximate surface area is 89.6 Å². The van der Waals surface area contributed by atoms with Gasteiger partial charge in [-0.3, -0.25) is 10.1 Å². The van der Waals surface area contributed by atoms with Crippen molar-refractivity contribution in [2.45, 2.75) is 27.7 Å². The number of aromatic nitrogens is 1. The average molecular weight is 212 g/mol. The summed E-state index contributed by atoms with van der Waals surface area (Å²) >= 11 is 0. The molecular formula is C10H16N2O3. The van der Waals surface area contributed by atoms with Crippen LogP contribution in [0.15, 0.2) is 10.6 Å². The molecule has 0 fully saturated rings. The minimum absolute atomic E-state index is 0.0278. The summed E-state index contributed by atoms with van der Waals surface area (Å²) in [6.07, 6.45) is 4.60. The lowest BCUT2D eigenvalue weighted by molar-refractivity contribution is -0.475. The van der Waals surface area contributed by atoms with Crippen LogP contribution < -0.4 is 0 Å². The number of aryl methyl sites for hydroxylation is 2. The van der Waals surface area contributed by atoms with Crippen molar-refractivity contribution in [3.8, 4) is 12.3 Å². The van der Waals surface area contributed by atoms with Crippen LogP contribution in [0.25, 0.3) is 0 Å². The van der Waals surface area contributed by atoms with Gasteiger partial charge in [0, 0.05) is 17.9 Å². The van der Waals surface area contributed by atoms with Crippen LogP contribution >= 0.6 is 0 Å². The molecule has 0 saturated carbocycles. The fraction of sp³-hybridized carbons (Fsp3) is 0.500. The first-order chi connectivity index (χ1) is 6.97. The number of nitrogens with zero attached hydrogens (tertiary/aromatic N) is 2. The number of hydrogen-bond donors (Lipinski definition) is 0. The lowest BCUT2D eigenvalue weighted by Crippen LogP contribution is -1.92. The molecule has 0 amide bonds. The van der Waals surface area contributed by atoms with Gasteiger partial charge < -0.3 is 4.52 Å². The van der Waals surface area contributed by atoms with Gasteiger partial charge in [-0.15, -0.1) is 12.3 Å². The predicted octanol–water partition coefficient (Wildman–Crippen LogP) is 2.21. The molecule has 0 aliphatic heterocycles. The first-order valence-corrected chi connectivity index (χ1v) is 4.36. The van der Waals surface area contributed by atoms with Crippen LogP contribution in [-0.2, 0) is 0 Å². The Morgan fingerprint density at radius 2 is 2.07 bits per heavy atom. The van der Waals surface area contributed by atoms with Gasteiger partial charge in [0.25, 0.3) is 0 Å². The molecule has 1 rings (SSSR count). The van der Waals surface area contributed by atoms with E-state index in [9.17, 15) is 10.1 Å². The Balaban J connectivity index is 0. The normalized spacial score (nSPS) is 7.40. The highest BCUT2D eigenvalue weighted by atomic mass is 16.6. The maximum absolute atomic E-state index is 9.17. The number of hydrogen-bond acceptors (Lipinski definition) is 4. The molecule has 0 spiro atoms. The molecule has 0 saturated heterocycles. The van der Waals surface area contributed by atoms with Gasteiger partial charge in [-0.1, -0.05) is 5.16 Å². The quantitative estimate of drug-likeness (QED) is 0.406. The highest BCUT2D eigenvalue weighted by Crippen LogP contribution is 1.96. The van der Waals surface area contributed by atoms with Crippen molar-refractivity contribution < 1.29 is 9.45 Å². The third-order valence-corrected chi connectivity index (χ3v) is 1.00. The second-order valence-electron chi connectivity index (χ2n) is 2.52. The summed E-state index contributed by atoms with van der Waals surface area (Å²) in [5.41, 5.74) is 0.942. The molecule has 15 heavy (non-hydrogen) atoms. The minimum atomic E-state index is -0.375. The Hall–Kier alpha value is -1.83. The second kappa shape index (κ2) is 10.3. The molecule has 0 N–H and O–H groups in total. The van der Waals surface area contributed by atoms with Crippen LogP contribution in [-0.4, -0.2) is 16.6 Å². The summed E-state index contributed by atoms with van der Waals surface area (Å²) in [7, 11) is 0. The second-order valence-corrected chi connectivity index (χ2v) is 2.52. The zero-order chi connectivity index (χ0) is 12.3. The molecule has 0 radical (unpaired) electrons. The molecule has 1 heterocycles. The van der Waals surface area contributed by atoms with Gasteiger partial charge in [0.05, 0.1) is 5.69 Å². The fourth-order valence-electron chi connectivity index (χ4n) is 0.491. The summed E-state index contributed by atoms with van der Waals surface area (Å²) in [6, 6.07) is 1.89. The minimum Gasteiger partial charge on any atom is -0.361 e. The van der Waals surface area contributed by atoms with Gasteiger partial charge in [0.1, 0.15) is 5.76 Å². The summed E-state index contributed by atoms with van der Waals surface area (Å²) in [5.74, 6) is 3.12. The zero-order valence-corrected chi connectivity index (χ0v) is 9.48. The van der Waals surface area contributed by atoms with E-state index in [1.54, 1.807) is 6.92 Å². The van der Waals surface area contributed by atoms with Crippen molar-refractivity contribution in [3.05, 3.63) is 27.6 Å². The SMILES string of the molecule is C#CC.CC[N+](=O)[O-].Cc1cc(C)on1. The van der Waals surface area contributed by atoms with Gasteiger partial charge in [0.2, 0.25) is 6.54 Å². The summed E-state index contributed by atoms with van der Waals surface area (Å²) in [4.78, 5) is 8.80. The molecule has 0 unspecified atom stereocenters. The standard InChI is InChI=1S/C5H7NO.C3H4.C2H5NO2/c1-4-3-5(2)7-6-4;1-3-2;1-2-3(4)5/h3H,1-2H3;1H,2H3;2H2,1H3. The average Bonchev–Trinajstić information content (AvgIpc) is 2.52. The van der Waals surface area contributed by atoms with E-state index in [4.69, 9.17) is 4.52 Å². The van der Waals surface area contributed by atoms with Gasteiger partial charge in [-0.25, -0.2) is 0 Å². The van der Waals surface area contributed by atoms with Crippen LogP contribution in [0.2, 0.25) is 0 Å². The lowest BCUT2D eigenvalue weighted by atomic mass is 10.4. The Kier molecular flexibility index (Phi) is 10.7. The van der Waals surface area contributed by atoms with Gasteiger partial charge in [-0.05, 0) is 20.8 Å². The van der Waals surface area contributed by atoms with Crippen molar-refractivity contribution >= 4 is 0 Å². The van der Waals surface area contributed by atoms with E-state index in [1.807, 2.05) is 19.9 Å². The van der Waals surface area contributed by atoms with Crippen molar-refractivity contribution in [1.29, 1.82) is 0 Å². The van der Waals surface area contributed by atoms with Crippen LogP contribution in [0.4, 0.5) is 0 Å². The van der Waals surface area contributed by atoms with Crippen molar-refractivity contribution in [1.82, 2.24) is 5.16 Å². The number of nitro groups is 1. The maximum atomic E-state index is 9.17. The molecular weight excluding hydrogens is 196 g/mol. The van der Waals surface area contributed by atoms with Gasteiger partial charge in [-0.2, -0.15) is 0 Å². The summed E-state index contributed by atoms with van der Waals surface area (Å²) < 4.78 is 4.71. The molecule has 1 aromatic rings. The monoisotopic (exact) mass is 212 g/mol. The lowest BCUT2D eigenvalue weighted by Gasteiger charge is -1.73. The molecule has 1 aromatic heterocycles. The van der Waals surface area contributed by atoms with E-state index < -0.39 is 0 Å². The Morgan fingerprint density at radius 3 is 2.13 bits per heavy atom. The van der Waals surface area contributed by atoms with Crippen LogP contribution in [0.1, 0.15) is 25.3 Å². The zero-order valence-electron chi connectivity index (χ0n) is 9.48. The highest BCUT2D eigenvalue weighted by molar-refractivity contribution is 4.99. The Morgan fingerprint density at radius 1 is 1.67 bits per heavy atom. The molecule has 0 aliphatic rings. The maximum Gasteiger partial charge on any atom is 0.201 e. The topological polar surface area (TPSA) is 69.2 Å². The fourth-order valence-corrected chi connectivity index (χ4v) is 0.491. The molecule has 84 valence electrons. The van der Waals surface area contributed by atoms with E-state index in [1.165, 1.54) is 6.92 Å². The number of rotatable bonds is 1.